The number of phenols is 1. The predicted molar refractivity (Wildman–Crippen MR) is 137 cm³/mol. The summed E-state index contributed by atoms with van der Waals surface area (Å²) in [7, 11) is 0. The molecule has 36 heavy (non-hydrogen) atoms. The van der Waals surface area contributed by atoms with E-state index < -0.39 is 47.9 Å². The largest absolute Gasteiger partial charge is 0.508 e. The highest BCUT2D eigenvalue weighted by Crippen LogP contribution is 2.14. The number of hydrogen-bond acceptors (Lipinski definition) is 6. The molecular weight excluding hydrogens is 464 g/mol. The van der Waals surface area contributed by atoms with Gasteiger partial charge in [-0.15, -0.1) is 0 Å². The Hall–Kier alpha value is -3.14. The fourth-order valence-electron chi connectivity index (χ4n) is 3.65. The van der Waals surface area contributed by atoms with Crippen LogP contribution in [0, 0.1) is 17.8 Å². The zero-order valence-electron chi connectivity index (χ0n) is 22.1. The summed E-state index contributed by atoms with van der Waals surface area (Å²) in [6, 6.07) is 2.39. The van der Waals surface area contributed by atoms with Crippen LogP contribution in [0.25, 0.3) is 0 Å². The zero-order valence-corrected chi connectivity index (χ0v) is 22.1. The molecule has 0 heterocycles. The standard InChI is InChI=1S/C26H42N4O6/c1-7-15(5)21(25(34)30-22(26(35)36)16(6)8-2)29-24(33)20(14(3)4)28-23(32)19(27)13-17-9-11-18(31)12-10-17/h9-12,14-16,19-22,31H,7-8,13,27H2,1-6H3,(H,28,32)(H,29,33)(H,30,34)(H,35,36). The number of carbonyl (C=O) groups is 4. The minimum absolute atomic E-state index is 0.104. The minimum atomic E-state index is -1.14. The van der Waals surface area contributed by atoms with Crippen molar-refractivity contribution in [2.45, 2.75) is 85.0 Å². The maximum Gasteiger partial charge on any atom is 0.326 e. The Morgan fingerprint density at radius 1 is 0.778 bits per heavy atom. The number of nitrogens with one attached hydrogen (secondary N) is 3. The number of carboxylic acid groups (broad SMARTS) is 1. The molecule has 0 saturated heterocycles. The summed E-state index contributed by atoms with van der Waals surface area (Å²) in [6.07, 6.45) is 1.34. The van der Waals surface area contributed by atoms with Crippen LogP contribution in [0.4, 0.5) is 0 Å². The van der Waals surface area contributed by atoms with E-state index >= 15 is 0 Å². The maximum absolute atomic E-state index is 13.2. The van der Waals surface area contributed by atoms with Gasteiger partial charge in [0.15, 0.2) is 0 Å². The summed E-state index contributed by atoms with van der Waals surface area (Å²) >= 11 is 0. The van der Waals surface area contributed by atoms with Crippen molar-refractivity contribution in [3.63, 3.8) is 0 Å². The molecule has 7 N–H and O–H groups in total. The molecular formula is C26H42N4O6. The first kappa shape index (κ1) is 30.9. The van der Waals surface area contributed by atoms with Gasteiger partial charge in [0.2, 0.25) is 17.7 Å². The van der Waals surface area contributed by atoms with Gasteiger partial charge >= 0.3 is 5.97 Å². The van der Waals surface area contributed by atoms with Crippen molar-refractivity contribution in [2.24, 2.45) is 23.5 Å². The first-order chi connectivity index (χ1) is 16.8. The van der Waals surface area contributed by atoms with E-state index in [4.69, 9.17) is 5.73 Å². The molecule has 0 fully saturated rings. The number of aliphatic carboxylic acids is 1. The molecule has 6 unspecified atom stereocenters. The summed E-state index contributed by atoms with van der Waals surface area (Å²) in [4.78, 5) is 50.7. The molecule has 0 bridgehead atoms. The first-order valence-corrected chi connectivity index (χ1v) is 12.5. The van der Waals surface area contributed by atoms with Gasteiger partial charge < -0.3 is 31.9 Å². The second-order valence-electron chi connectivity index (χ2n) is 9.79. The lowest BCUT2D eigenvalue weighted by Gasteiger charge is -2.30. The van der Waals surface area contributed by atoms with Crippen molar-refractivity contribution in [3.8, 4) is 5.75 Å². The third-order valence-electron chi connectivity index (χ3n) is 6.55. The molecule has 0 saturated carbocycles. The van der Waals surface area contributed by atoms with Crippen LogP contribution in [0.5, 0.6) is 5.75 Å². The van der Waals surface area contributed by atoms with E-state index in [-0.39, 0.29) is 29.9 Å². The molecule has 1 aromatic rings. The number of benzene rings is 1. The van der Waals surface area contributed by atoms with Gasteiger partial charge in [-0.3, -0.25) is 14.4 Å². The normalized spacial score (nSPS) is 16.2. The van der Waals surface area contributed by atoms with Crippen LogP contribution in [-0.4, -0.2) is 58.1 Å². The molecule has 10 nitrogen and oxygen atoms in total. The minimum Gasteiger partial charge on any atom is -0.508 e. The lowest BCUT2D eigenvalue weighted by atomic mass is 9.94. The zero-order chi connectivity index (χ0) is 27.6. The Labute approximate surface area is 213 Å². The molecule has 0 aromatic heterocycles. The monoisotopic (exact) mass is 506 g/mol. The molecule has 0 aliphatic heterocycles. The molecule has 6 atom stereocenters. The second kappa shape index (κ2) is 14.4. The quantitative estimate of drug-likeness (QED) is 0.222. The Morgan fingerprint density at radius 2 is 1.22 bits per heavy atom. The molecule has 1 aromatic carbocycles. The van der Waals surface area contributed by atoms with Crippen molar-refractivity contribution in [3.05, 3.63) is 29.8 Å². The van der Waals surface area contributed by atoms with Crippen LogP contribution < -0.4 is 21.7 Å². The Bertz CT molecular complexity index is 889. The SMILES string of the molecule is CCC(C)C(NC(=O)C(NC(=O)C(NC(=O)C(N)Cc1ccc(O)cc1)C(C)C)C(C)CC)C(=O)O. The highest BCUT2D eigenvalue weighted by molar-refractivity contribution is 5.94. The average Bonchev–Trinajstić information content (AvgIpc) is 2.83. The van der Waals surface area contributed by atoms with Crippen LogP contribution in [0.15, 0.2) is 24.3 Å². The molecule has 202 valence electrons. The number of phenolic OH excluding ortho intramolecular Hbond substituents is 1. The lowest BCUT2D eigenvalue weighted by Crippen LogP contribution is -2.60. The topological polar surface area (TPSA) is 171 Å². The van der Waals surface area contributed by atoms with Gasteiger partial charge in [0.05, 0.1) is 6.04 Å². The summed E-state index contributed by atoms with van der Waals surface area (Å²) in [5, 5.41) is 26.9. The summed E-state index contributed by atoms with van der Waals surface area (Å²) in [5.74, 6) is -3.56. The molecule has 0 aliphatic rings. The summed E-state index contributed by atoms with van der Waals surface area (Å²) < 4.78 is 0. The van der Waals surface area contributed by atoms with E-state index in [1.165, 1.54) is 12.1 Å². The first-order valence-electron chi connectivity index (χ1n) is 12.5. The van der Waals surface area contributed by atoms with Gasteiger partial charge in [-0.1, -0.05) is 66.5 Å². The smallest absolute Gasteiger partial charge is 0.326 e. The second-order valence-corrected chi connectivity index (χ2v) is 9.79. The number of rotatable bonds is 14. The number of amides is 3. The van der Waals surface area contributed by atoms with Gasteiger partial charge in [0.1, 0.15) is 23.9 Å². The van der Waals surface area contributed by atoms with Gasteiger partial charge in [0.25, 0.3) is 0 Å². The van der Waals surface area contributed by atoms with Crippen molar-refractivity contribution in [1.82, 2.24) is 16.0 Å². The third kappa shape index (κ3) is 9.14. The van der Waals surface area contributed by atoms with Crippen LogP contribution in [0.3, 0.4) is 0 Å². The molecule has 0 radical (unpaired) electrons. The van der Waals surface area contributed by atoms with Gasteiger partial charge in [-0.25, -0.2) is 4.79 Å². The van der Waals surface area contributed by atoms with Gasteiger partial charge in [-0.2, -0.15) is 0 Å². The van der Waals surface area contributed by atoms with E-state index in [1.54, 1.807) is 39.8 Å². The van der Waals surface area contributed by atoms with Crippen molar-refractivity contribution in [2.75, 3.05) is 0 Å². The lowest BCUT2D eigenvalue weighted by molar-refractivity contribution is -0.144. The van der Waals surface area contributed by atoms with Crippen LogP contribution in [0.1, 0.15) is 59.9 Å². The van der Waals surface area contributed by atoms with Gasteiger partial charge in [0, 0.05) is 0 Å². The maximum atomic E-state index is 13.2. The van der Waals surface area contributed by atoms with E-state index in [0.717, 1.165) is 5.56 Å². The van der Waals surface area contributed by atoms with Gasteiger partial charge in [-0.05, 0) is 41.9 Å². The number of carboxylic acids is 1. The summed E-state index contributed by atoms with van der Waals surface area (Å²) in [5.41, 5.74) is 6.81. The van der Waals surface area contributed by atoms with E-state index in [9.17, 15) is 29.4 Å². The Balaban J connectivity index is 2.97. The van der Waals surface area contributed by atoms with E-state index in [2.05, 4.69) is 16.0 Å². The molecule has 1 rings (SSSR count). The number of hydrogen-bond donors (Lipinski definition) is 6. The van der Waals surface area contributed by atoms with Crippen LogP contribution >= 0.6 is 0 Å². The van der Waals surface area contributed by atoms with E-state index in [0.29, 0.717) is 12.8 Å². The van der Waals surface area contributed by atoms with Crippen molar-refractivity contribution in [1.29, 1.82) is 0 Å². The van der Waals surface area contributed by atoms with E-state index in [1.807, 2.05) is 13.8 Å². The van der Waals surface area contributed by atoms with Crippen molar-refractivity contribution < 1.29 is 29.4 Å². The highest BCUT2D eigenvalue weighted by Gasteiger charge is 2.34. The molecule has 0 spiro atoms. The Kier molecular flexibility index (Phi) is 12.4. The van der Waals surface area contributed by atoms with Crippen LogP contribution in [0.2, 0.25) is 0 Å². The Morgan fingerprint density at radius 3 is 1.69 bits per heavy atom. The summed E-state index contributed by atoms with van der Waals surface area (Å²) in [6.45, 7) is 10.8. The number of carbonyl (C=O) groups excluding carboxylic acids is 3. The average molecular weight is 507 g/mol. The number of aromatic hydroxyl groups is 1. The fourth-order valence-corrected chi connectivity index (χ4v) is 3.65. The molecule has 10 heteroatoms. The predicted octanol–water partition coefficient (Wildman–Crippen LogP) is 1.55. The van der Waals surface area contributed by atoms with Crippen LogP contribution in [-0.2, 0) is 25.6 Å². The highest BCUT2D eigenvalue weighted by atomic mass is 16.4. The number of nitrogens with two attached hydrogens (primary N) is 1. The van der Waals surface area contributed by atoms with Crippen molar-refractivity contribution >= 4 is 23.7 Å². The molecule has 3 amide bonds. The third-order valence-corrected chi connectivity index (χ3v) is 6.55. The fraction of sp³-hybridized carbons (Fsp3) is 0.615. The molecule has 0 aliphatic carbocycles.